The van der Waals surface area contributed by atoms with Crippen LogP contribution in [-0.4, -0.2) is 13.0 Å². The van der Waals surface area contributed by atoms with E-state index in [1.165, 1.54) is 128 Å². The second-order valence-electron chi connectivity index (χ2n) is 12.2. The van der Waals surface area contributed by atoms with E-state index in [9.17, 15) is 13.0 Å². The molecule has 0 radical (unpaired) electrons. The number of benzene rings is 2. The normalized spacial score (nSPS) is 12.0. The fourth-order valence-electron chi connectivity index (χ4n) is 6.01. The zero-order valence-electron chi connectivity index (χ0n) is 26.0. The molecular formula is C36H60O3S. The maximum Gasteiger partial charge on any atom is 0.295 e. The Morgan fingerprint density at radius 3 is 1.38 bits per heavy atom. The first-order chi connectivity index (χ1) is 19.5. The molecule has 0 saturated heterocycles. The Hall–Kier alpha value is -1.39. The first-order valence-corrected chi connectivity index (χ1v) is 18.4. The Bertz CT molecular complexity index is 1020. The smallest absolute Gasteiger partial charge is 0.282 e. The van der Waals surface area contributed by atoms with Gasteiger partial charge in [-0.1, -0.05) is 167 Å². The van der Waals surface area contributed by atoms with Crippen LogP contribution in [0.4, 0.5) is 0 Å². The summed E-state index contributed by atoms with van der Waals surface area (Å²) in [4.78, 5) is 0.137. The molecule has 2 aromatic carbocycles. The van der Waals surface area contributed by atoms with Gasteiger partial charge in [0.2, 0.25) is 0 Å². The highest BCUT2D eigenvalue weighted by Gasteiger charge is 2.19. The number of rotatable bonds is 25. The van der Waals surface area contributed by atoms with Crippen LogP contribution < -0.4 is 0 Å². The first-order valence-electron chi connectivity index (χ1n) is 17.0. The predicted molar refractivity (Wildman–Crippen MR) is 174 cm³/mol. The van der Waals surface area contributed by atoms with Gasteiger partial charge < -0.3 is 0 Å². The van der Waals surface area contributed by atoms with Crippen molar-refractivity contribution in [2.75, 3.05) is 0 Å². The van der Waals surface area contributed by atoms with Crippen LogP contribution in [0.15, 0.2) is 35.2 Å². The summed E-state index contributed by atoms with van der Waals surface area (Å²) in [7, 11) is -4.29. The van der Waals surface area contributed by atoms with Gasteiger partial charge in [0, 0.05) is 5.39 Å². The highest BCUT2D eigenvalue weighted by molar-refractivity contribution is 7.86. The van der Waals surface area contributed by atoms with E-state index in [2.05, 4.69) is 19.9 Å². The van der Waals surface area contributed by atoms with Crippen molar-refractivity contribution in [3.63, 3.8) is 0 Å². The molecule has 0 aliphatic rings. The average Bonchev–Trinajstić information content (AvgIpc) is 2.93. The molecule has 0 unspecified atom stereocenters. The molecule has 0 amide bonds. The highest BCUT2D eigenvalue weighted by Crippen LogP contribution is 2.30. The first kappa shape index (κ1) is 34.8. The van der Waals surface area contributed by atoms with Gasteiger partial charge in [-0.15, -0.1) is 0 Å². The van der Waals surface area contributed by atoms with Crippen LogP contribution in [0, 0.1) is 0 Å². The van der Waals surface area contributed by atoms with E-state index in [4.69, 9.17) is 0 Å². The molecule has 0 spiro atoms. The summed E-state index contributed by atoms with van der Waals surface area (Å²) in [5.41, 5.74) is 1.93. The average molecular weight is 573 g/mol. The van der Waals surface area contributed by atoms with Crippen molar-refractivity contribution in [3.05, 3.63) is 41.5 Å². The van der Waals surface area contributed by atoms with E-state index in [-0.39, 0.29) is 4.90 Å². The van der Waals surface area contributed by atoms with E-state index in [0.717, 1.165) is 36.6 Å². The van der Waals surface area contributed by atoms with Crippen LogP contribution in [-0.2, 0) is 23.0 Å². The summed E-state index contributed by atoms with van der Waals surface area (Å²) in [6.07, 6.45) is 30.1. The van der Waals surface area contributed by atoms with Gasteiger partial charge in [0.25, 0.3) is 10.1 Å². The van der Waals surface area contributed by atoms with Crippen molar-refractivity contribution in [2.45, 2.75) is 173 Å². The SMILES string of the molecule is CCCCCCCCCCCCCc1ccc2ccc(CCCCCCCCCCCCC)c(S(=O)(=O)O)c2c1. The standard InChI is InChI=1S/C36H60O3S/c1-3-5-7-9-11-13-15-17-19-21-23-25-32-27-28-33-29-30-34(36(35(33)31-32)40(37,38)39)26-24-22-20-18-16-14-12-10-8-6-4-2/h27-31H,3-26H2,1-2H3,(H,37,38,39). The third kappa shape index (κ3) is 14.5. The molecule has 2 rings (SSSR count). The molecule has 4 heteroatoms. The summed E-state index contributed by atoms with van der Waals surface area (Å²) < 4.78 is 35.2. The van der Waals surface area contributed by atoms with Crippen LogP contribution in [0.3, 0.4) is 0 Å². The van der Waals surface area contributed by atoms with Crippen LogP contribution in [0.5, 0.6) is 0 Å². The molecule has 2 aromatic rings. The summed E-state index contributed by atoms with van der Waals surface area (Å²) in [5.74, 6) is 0. The lowest BCUT2D eigenvalue weighted by Gasteiger charge is -2.12. The van der Waals surface area contributed by atoms with Gasteiger partial charge in [-0.05, 0) is 48.3 Å². The molecule has 0 heterocycles. The summed E-state index contributed by atoms with van der Waals surface area (Å²) in [6.45, 7) is 4.53. The predicted octanol–water partition coefficient (Wildman–Crippen LogP) is 11.8. The number of hydrogen-bond donors (Lipinski definition) is 1. The lowest BCUT2D eigenvalue weighted by atomic mass is 9.98. The highest BCUT2D eigenvalue weighted by atomic mass is 32.2. The van der Waals surface area contributed by atoms with Gasteiger partial charge in [0.15, 0.2) is 0 Å². The minimum atomic E-state index is -4.29. The van der Waals surface area contributed by atoms with Gasteiger partial charge in [0.1, 0.15) is 4.90 Å². The third-order valence-electron chi connectivity index (χ3n) is 8.49. The molecule has 0 fully saturated rings. The number of fused-ring (bicyclic) bond motifs is 1. The van der Waals surface area contributed by atoms with Crippen LogP contribution in [0.2, 0.25) is 0 Å². The van der Waals surface area contributed by atoms with Crippen molar-refractivity contribution >= 4 is 20.9 Å². The van der Waals surface area contributed by atoms with Gasteiger partial charge in [-0.3, -0.25) is 4.55 Å². The van der Waals surface area contributed by atoms with Crippen LogP contribution in [0.1, 0.15) is 166 Å². The molecule has 0 aliphatic carbocycles. The Morgan fingerprint density at radius 2 is 0.925 bits per heavy atom. The fraction of sp³-hybridized carbons (Fsp3) is 0.722. The van der Waals surface area contributed by atoms with Crippen molar-refractivity contribution in [1.82, 2.24) is 0 Å². The molecule has 228 valence electrons. The van der Waals surface area contributed by atoms with Crippen molar-refractivity contribution < 1.29 is 13.0 Å². The molecule has 0 saturated carbocycles. The van der Waals surface area contributed by atoms with Gasteiger partial charge in [-0.25, -0.2) is 0 Å². The van der Waals surface area contributed by atoms with Crippen molar-refractivity contribution in [3.8, 4) is 0 Å². The Labute approximate surface area is 247 Å². The molecule has 1 N–H and O–H groups in total. The van der Waals surface area contributed by atoms with Crippen LogP contribution in [0.25, 0.3) is 10.8 Å². The molecule has 0 atom stereocenters. The zero-order valence-corrected chi connectivity index (χ0v) is 26.8. The number of aryl methyl sites for hydroxylation is 2. The van der Waals surface area contributed by atoms with E-state index in [1.54, 1.807) is 0 Å². The largest absolute Gasteiger partial charge is 0.295 e. The minimum Gasteiger partial charge on any atom is -0.282 e. The summed E-state index contributed by atoms with van der Waals surface area (Å²) in [5, 5.41) is 1.57. The second-order valence-corrected chi connectivity index (χ2v) is 13.5. The topological polar surface area (TPSA) is 54.4 Å². The quantitative estimate of drug-likeness (QED) is 0.0950. The maximum atomic E-state index is 12.5. The lowest BCUT2D eigenvalue weighted by Crippen LogP contribution is -2.05. The monoisotopic (exact) mass is 572 g/mol. The van der Waals surface area contributed by atoms with E-state index in [0.29, 0.717) is 11.8 Å². The van der Waals surface area contributed by atoms with Crippen molar-refractivity contribution in [1.29, 1.82) is 0 Å². The molecule has 0 bridgehead atoms. The Morgan fingerprint density at radius 1 is 0.525 bits per heavy atom. The Kier molecular flexibility index (Phi) is 18.6. The van der Waals surface area contributed by atoms with Crippen LogP contribution >= 0.6 is 0 Å². The number of hydrogen-bond acceptors (Lipinski definition) is 2. The Balaban J connectivity index is 1.78. The number of unbranched alkanes of at least 4 members (excludes halogenated alkanes) is 20. The van der Waals surface area contributed by atoms with E-state index >= 15 is 0 Å². The maximum absolute atomic E-state index is 12.5. The van der Waals surface area contributed by atoms with Gasteiger partial charge >= 0.3 is 0 Å². The van der Waals surface area contributed by atoms with Gasteiger partial charge in [0.05, 0.1) is 0 Å². The van der Waals surface area contributed by atoms with Crippen molar-refractivity contribution in [2.24, 2.45) is 0 Å². The summed E-state index contributed by atoms with van der Waals surface area (Å²) in [6, 6.07) is 10.1. The van der Waals surface area contributed by atoms with Gasteiger partial charge in [-0.2, -0.15) is 8.42 Å². The van der Waals surface area contributed by atoms with E-state index in [1.807, 2.05) is 24.3 Å². The third-order valence-corrected chi connectivity index (χ3v) is 9.49. The molecule has 40 heavy (non-hydrogen) atoms. The summed E-state index contributed by atoms with van der Waals surface area (Å²) >= 11 is 0. The molecule has 0 aromatic heterocycles. The fourth-order valence-corrected chi connectivity index (χ4v) is 6.97. The minimum absolute atomic E-state index is 0.137. The lowest BCUT2D eigenvalue weighted by molar-refractivity contribution is 0.482. The second kappa shape index (κ2) is 21.3. The molecular weight excluding hydrogens is 512 g/mol. The van der Waals surface area contributed by atoms with E-state index < -0.39 is 10.1 Å². The molecule has 3 nitrogen and oxygen atoms in total. The zero-order chi connectivity index (χ0) is 28.9. The molecule has 0 aliphatic heterocycles.